The fraction of sp³-hybridized carbons (Fsp3) is 0.619. The van der Waals surface area contributed by atoms with E-state index < -0.39 is 11.9 Å². The van der Waals surface area contributed by atoms with Crippen molar-refractivity contribution in [3.05, 3.63) is 17.8 Å². The Labute approximate surface area is 176 Å². The molecule has 29 heavy (non-hydrogen) atoms. The molecule has 0 aliphatic rings. The molecular weight excluding hydrogens is 392 g/mol. The SMILES string of the molecule is Cc1cnc(NC(=O)CCCCCCCCCC(=O)O)c(SCCCC(=O)O)c1. The van der Waals surface area contributed by atoms with Crippen molar-refractivity contribution >= 4 is 35.4 Å². The third-order valence-corrected chi connectivity index (χ3v) is 5.45. The van der Waals surface area contributed by atoms with E-state index in [-0.39, 0.29) is 18.7 Å². The van der Waals surface area contributed by atoms with Crippen LogP contribution in [0.4, 0.5) is 5.82 Å². The molecule has 1 rings (SSSR count). The van der Waals surface area contributed by atoms with E-state index in [1.165, 1.54) is 11.8 Å². The lowest BCUT2D eigenvalue weighted by Gasteiger charge is -2.10. The highest BCUT2D eigenvalue weighted by Gasteiger charge is 2.10. The summed E-state index contributed by atoms with van der Waals surface area (Å²) in [5.41, 5.74) is 0.993. The molecule has 0 radical (unpaired) electrons. The predicted molar refractivity (Wildman–Crippen MR) is 114 cm³/mol. The van der Waals surface area contributed by atoms with E-state index in [1.807, 2.05) is 13.0 Å². The Morgan fingerprint density at radius 3 is 2.07 bits per heavy atom. The maximum Gasteiger partial charge on any atom is 0.303 e. The van der Waals surface area contributed by atoms with Gasteiger partial charge >= 0.3 is 11.9 Å². The average molecular weight is 425 g/mol. The van der Waals surface area contributed by atoms with E-state index in [9.17, 15) is 14.4 Å². The maximum atomic E-state index is 12.2. The quantitative estimate of drug-likeness (QED) is 0.256. The molecule has 0 fully saturated rings. The van der Waals surface area contributed by atoms with Crippen LogP contribution < -0.4 is 5.32 Å². The second kappa shape index (κ2) is 14.8. The number of hydrogen-bond acceptors (Lipinski definition) is 5. The van der Waals surface area contributed by atoms with Gasteiger partial charge in [0, 0.05) is 25.5 Å². The van der Waals surface area contributed by atoms with Crippen molar-refractivity contribution in [1.82, 2.24) is 4.98 Å². The minimum absolute atomic E-state index is 0.0600. The fourth-order valence-corrected chi connectivity index (χ4v) is 3.81. The van der Waals surface area contributed by atoms with Crippen LogP contribution in [0, 0.1) is 6.92 Å². The zero-order valence-corrected chi connectivity index (χ0v) is 17.9. The monoisotopic (exact) mass is 424 g/mol. The molecule has 1 heterocycles. The number of rotatable bonds is 16. The van der Waals surface area contributed by atoms with Gasteiger partial charge in [0.2, 0.25) is 5.91 Å². The Morgan fingerprint density at radius 1 is 0.897 bits per heavy atom. The first-order chi connectivity index (χ1) is 13.9. The molecule has 162 valence electrons. The summed E-state index contributed by atoms with van der Waals surface area (Å²) in [4.78, 5) is 38.4. The number of thioether (sulfide) groups is 1. The fourth-order valence-electron chi connectivity index (χ4n) is 2.79. The number of amides is 1. The third-order valence-electron chi connectivity index (χ3n) is 4.33. The van der Waals surface area contributed by atoms with Gasteiger partial charge in [-0.3, -0.25) is 14.4 Å². The van der Waals surface area contributed by atoms with E-state index in [0.29, 0.717) is 24.4 Å². The molecule has 0 spiro atoms. The van der Waals surface area contributed by atoms with Gasteiger partial charge in [-0.2, -0.15) is 0 Å². The smallest absolute Gasteiger partial charge is 0.303 e. The summed E-state index contributed by atoms with van der Waals surface area (Å²) in [6, 6.07) is 1.96. The second-order valence-corrected chi connectivity index (χ2v) is 8.26. The van der Waals surface area contributed by atoms with Crippen LogP contribution in [-0.2, 0) is 14.4 Å². The number of aromatic nitrogens is 1. The number of aliphatic carboxylic acids is 2. The summed E-state index contributed by atoms with van der Waals surface area (Å²) >= 11 is 1.51. The van der Waals surface area contributed by atoms with Crippen molar-refractivity contribution in [1.29, 1.82) is 0 Å². The molecule has 0 atom stereocenters. The molecule has 8 heteroatoms. The van der Waals surface area contributed by atoms with Gasteiger partial charge < -0.3 is 15.5 Å². The van der Waals surface area contributed by atoms with Gasteiger partial charge in [0.15, 0.2) is 0 Å². The van der Waals surface area contributed by atoms with E-state index >= 15 is 0 Å². The summed E-state index contributed by atoms with van der Waals surface area (Å²) < 4.78 is 0. The molecule has 0 aromatic carbocycles. The lowest BCUT2D eigenvalue weighted by molar-refractivity contribution is -0.138. The Hall–Kier alpha value is -2.09. The van der Waals surface area contributed by atoms with Crippen LogP contribution in [0.3, 0.4) is 0 Å². The summed E-state index contributed by atoms with van der Waals surface area (Å²) in [6.45, 7) is 1.93. The molecule has 3 N–H and O–H groups in total. The number of carboxylic acids is 2. The number of carbonyl (C=O) groups excluding carboxylic acids is 1. The van der Waals surface area contributed by atoms with Crippen LogP contribution in [0.5, 0.6) is 0 Å². The molecule has 0 unspecified atom stereocenters. The van der Waals surface area contributed by atoms with Crippen LogP contribution in [0.2, 0.25) is 0 Å². The second-order valence-electron chi connectivity index (χ2n) is 7.12. The first kappa shape index (κ1) is 24.9. The lowest BCUT2D eigenvalue weighted by Crippen LogP contribution is -2.13. The highest BCUT2D eigenvalue weighted by atomic mass is 32.2. The zero-order valence-electron chi connectivity index (χ0n) is 17.1. The molecule has 0 saturated heterocycles. The number of pyridine rings is 1. The van der Waals surface area contributed by atoms with Gasteiger partial charge in [0.25, 0.3) is 0 Å². The highest BCUT2D eigenvalue weighted by Crippen LogP contribution is 2.27. The number of nitrogens with one attached hydrogen (secondary N) is 1. The minimum Gasteiger partial charge on any atom is -0.481 e. The Bertz CT molecular complexity index is 666. The first-order valence-corrected chi connectivity index (χ1v) is 11.2. The number of carbonyl (C=O) groups is 3. The van der Waals surface area contributed by atoms with Gasteiger partial charge in [0.05, 0.1) is 4.90 Å². The number of hydrogen-bond donors (Lipinski definition) is 3. The lowest BCUT2D eigenvalue weighted by atomic mass is 10.1. The number of aryl methyl sites for hydroxylation is 1. The first-order valence-electron chi connectivity index (χ1n) is 10.2. The van der Waals surface area contributed by atoms with Crippen LogP contribution in [0.15, 0.2) is 17.2 Å². The van der Waals surface area contributed by atoms with Crippen molar-refractivity contribution < 1.29 is 24.6 Å². The molecule has 1 aromatic rings. The normalized spacial score (nSPS) is 10.7. The number of anilines is 1. The van der Waals surface area contributed by atoms with Crippen LogP contribution >= 0.6 is 11.8 Å². The van der Waals surface area contributed by atoms with Crippen LogP contribution in [-0.4, -0.2) is 38.8 Å². The largest absolute Gasteiger partial charge is 0.481 e. The summed E-state index contributed by atoms with van der Waals surface area (Å²) in [5.74, 6) is -0.399. The Morgan fingerprint density at radius 2 is 1.45 bits per heavy atom. The number of carboxylic acid groups (broad SMARTS) is 2. The molecule has 0 saturated carbocycles. The summed E-state index contributed by atoms with van der Waals surface area (Å²) in [6.07, 6.45) is 9.72. The van der Waals surface area contributed by atoms with E-state index in [2.05, 4.69) is 10.3 Å². The molecule has 1 aromatic heterocycles. The topological polar surface area (TPSA) is 117 Å². The van der Waals surface area contributed by atoms with Crippen LogP contribution in [0.1, 0.15) is 76.2 Å². The molecule has 7 nitrogen and oxygen atoms in total. The van der Waals surface area contributed by atoms with E-state index in [4.69, 9.17) is 10.2 Å². The van der Waals surface area contributed by atoms with Crippen molar-refractivity contribution in [2.24, 2.45) is 0 Å². The Kier molecular flexibility index (Phi) is 12.8. The van der Waals surface area contributed by atoms with Crippen molar-refractivity contribution in [2.45, 2.75) is 82.4 Å². The summed E-state index contributed by atoms with van der Waals surface area (Å²) in [5, 5.41) is 20.2. The van der Waals surface area contributed by atoms with Gasteiger partial charge in [0.1, 0.15) is 5.82 Å². The number of unbranched alkanes of at least 4 members (excludes halogenated alkanes) is 6. The van der Waals surface area contributed by atoms with Gasteiger partial charge in [-0.05, 0) is 43.6 Å². The predicted octanol–water partition coefficient (Wildman–Crippen LogP) is 4.88. The molecule has 0 aliphatic heterocycles. The minimum atomic E-state index is -0.804. The van der Waals surface area contributed by atoms with Crippen molar-refractivity contribution in [3.8, 4) is 0 Å². The van der Waals surface area contributed by atoms with Crippen molar-refractivity contribution in [2.75, 3.05) is 11.1 Å². The van der Waals surface area contributed by atoms with Gasteiger partial charge in [-0.25, -0.2) is 4.98 Å². The molecule has 0 aliphatic carbocycles. The highest BCUT2D eigenvalue weighted by molar-refractivity contribution is 7.99. The average Bonchev–Trinajstić information content (AvgIpc) is 2.65. The van der Waals surface area contributed by atoms with E-state index in [1.54, 1.807) is 6.20 Å². The Balaban J connectivity index is 2.26. The van der Waals surface area contributed by atoms with Crippen LogP contribution in [0.25, 0.3) is 0 Å². The standard InChI is InChI=1S/C21H32N2O5S/c1-16-14-17(29-13-9-12-20(27)28)21(22-15-16)23-18(24)10-7-5-3-2-4-6-8-11-19(25)26/h14-15H,2-13H2,1H3,(H,25,26)(H,27,28)(H,22,23,24). The van der Waals surface area contributed by atoms with Gasteiger partial charge in [-0.1, -0.05) is 32.1 Å². The summed E-state index contributed by atoms with van der Waals surface area (Å²) in [7, 11) is 0. The molecule has 0 bridgehead atoms. The van der Waals surface area contributed by atoms with E-state index in [0.717, 1.165) is 55.4 Å². The number of nitrogens with zero attached hydrogens (tertiary/aromatic N) is 1. The zero-order chi connectivity index (χ0) is 21.5. The molecule has 1 amide bonds. The third kappa shape index (κ3) is 12.9. The maximum absolute atomic E-state index is 12.2. The molecular formula is C21H32N2O5S. The van der Waals surface area contributed by atoms with Crippen molar-refractivity contribution in [3.63, 3.8) is 0 Å². The van der Waals surface area contributed by atoms with Gasteiger partial charge in [-0.15, -0.1) is 11.8 Å².